The SMILES string of the molecule is N#CC1(NC(=O)c2c(O)cccc2O)CCCCCCC1. The molecule has 0 unspecified atom stereocenters. The smallest absolute Gasteiger partial charge is 0.260 e. The molecule has 0 heterocycles. The monoisotopic (exact) mass is 288 g/mol. The maximum Gasteiger partial charge on any atom is 0.260 e. The van der Waals surface area contributed by atoms with Crippen LogP contribution in [0.1, 0.15) is 55.3 Å². The lowest BCUT2D eigenvalue weighted by Crippen LogP contribution is -2.47. The average Bonchev–Trinajstić information content (AvgIpc) is 2.42. The molecule has 0 spiro atoms. The number of nitrogens with zero attached hydrogens (tertiary/aromatic N) is 1. The zero-order valence-corrected chi connectivity index (χ0v) is 11.9. The molecular formula is C16H20N2O3. The highest BCUT2D eigenvalue weighted by Crippen LogP contribution is 2.30. The molecule has 1 saturated carbocycles. The van der Waals surface area contributed by atoms with E-state index in [9.17, 15) is 20.3 Å². The normalized spacial score (nSPS) is 18.0. The molecule has 1 aliphatic carbocycles. The van der Waals surface area contributed by atoms with Crippen molar-refractivity contribution < 1.29 is 15.0 Å². The Morgan fingerprint density at radius 1 is 1.10 bits per heavy atom. The Morgan fingerprint density at radius 2 is 1.62 bits per heavy atom. The average molecular weight is 288 g/mol. The van der Waals surface area contributed by atoms with Crippen LogP contribution in [-0.4, -0.2) is 21.7 Å². The minimum absolute atomic E-state index is 0.172. The molecule has 3 N–H and O–H groups in total. The van der Waals surface area contributed by atoms with E-state index in [1.807, 2.05) is 0 Å². The van der Waals surface area contributed by atoms with Gasteiger partial charge in [0.05, 0.1) is 6.07 Å². The van der Waals surface area contributed by atoms with Crippen molar-refractivity contribution in [3.8, 4) is 17.6 Å². The van der Waals surface area contributed by atoms with Gasteiger partial charge in [-0.3, -0.25) is 4.79 Å². The van der Waals surface area contributed by atoms with E-state index >= 15 is 0 Å². The number of nitriles is 1. The number of hydrogen-bond donors (Lipinski definition) is 3. The molecule has 5 nitrogen and oxygen atoms in total. The summed E-state index contributed by atoms with van der Waals surface area (Å²) >= 11 is 0. The number of carbonyl (C=O) groups excluding carboxylic acids is 1. The molecule has 1 amide bonds. The summed E-state index contributed by atoms with van der Waals surface area (Å²) in [6.07, 6.45) is 6.26. The Morgan fingerprint density at radius 3 is 2.14 bits per heavy atom. The Balaban J connectivity index is 2.21. The number of benzene rings is 1. The number of nitrogens with one attached hydrogen (secondary N) is 1. The second-order valence-electron chi connectivity index (χ2n) is 5.59. The van der Waals surface area contributed by atoms with Crippen molar-refractivity contribution in [1.82, 2.24) is 5.32 Å². The van der Waals surface area contributed by atoms with E-state index in [-0.39, 0.29) is 17.1 Å². The van der Waals surface area contributed by atoms with Crippen LogP contribution in [-0.2, 0) is 0 Å². The van der Waals surface area contributed by atoms with Gasteiger partial charge < -0.3 is 15.5 Å². The van der Waals surface area contributed by atoms with E-state index < -0.39 is 11.4 Å². The van der Waals surface area contributed by atoms with Crippen LogP contribution in [0.25, 0.3) is 0 Å². The van der Waals surface area contributed by atoms with Gasteiger partial charge in [0, 0.05) is 0 Å². The number of carbonyl (C=O) groups is 1. The number of phenolic OH excluding ortho intramolecular Hbond substituents is 2. The molecule has 112 valence electrons. The molecule has 1 aromatic carbocycles. The van der Waals surface area contributed by atoms with Crippen LogP contribution >= 0.6 is 0 Å². The zero-order valence-electron chi connectivity index (χ0n) is 11.9. The van der Waals surface area contributed by atoms with Crippen LogP contribution < -0.4 is 5.32 Å². The van der Waals surface area contributed by atoms with Crippen molar-refractivity contribution in [2.75, 3.05) is 0 Å². The third kappa shape index (κ3) is 3.46. The Kier molecular flexibility index (Phi) is 4.69. The second-order valence-corrected chi connectivity index (χ2v) is 5.59. The van der Waals surface area contributed by atoms with Gasteiger partial charge in [-0.25, -0.2) is 0 Å². The van der Waals surface area contributed by atoms with E-state index in [0.29, 0.717) is 12.8 Å². The summed E-state index contributed by atoms with van der Waals surface area (Å²) in [5, 5.41) is 31.7. The molecule has 1 aliphatic rings. The Labute approximate surface area is 124 Å². The lowest BCUT2D eigenvalue weighted by atomic mass is 9.85. The molecule has 2 rings (SSSR count). The quantitative estimate of drug-likeness (QED) is 0.780. The van der Waals surface area contributed by atoms with E-state index in [1.165, 1.54) is 18.2 Å². The summed E-state index contributed by atoms with van der Waals surface area (Å²) in [6.45, 7) is 0. The fourth-order valence-electron chi connectivity index (χ4n) is 2.81. The summed E-state index contributed by atoms with van der Waals surface area (Å²) in [6, 6.07) is 6.36. The topological polar surface area (TPSA) is 93.4 Å². The van der Waals surface area contributed by atoms with Gasteiger partial charge in [0.25, 0.3) is 5.91 Å². The fourth-order valence-corrected chi connectivity index (χ4v) is 2.81. The maximum atomic E-state index is 12.3. The number of aromatic hydroxyl groups is 2. The predicted molar refractivity (Wildman–Crippen MR) is 77.9 cm³/mol. The first-order valence-corrected chi connectivity index (χ1v) is 7.33. The van der Waals surface area contributed by atoms with Crippen LogP contribution in [0.15, 0.2) is 18.2 Å². The molecule has 0 bridgehead atoms. The summed E-state index contributed by atoms with van der Waals surface area (Å²) < 4.78 is 0. The second kappa shape index (κ2) is 6.49. The summed E-state index contributed by atoms with van der Waals surface area (Å²) in [7, 11) is 0. The lowest BCUT2D eigenvalue weighted by molar-refractivity contribution is 0.0902. The van der Waals surface area contributed by atoms with Crippen molar-refractivity contribution in [2.24, 2.45) is 0 Å². The van der Waals surface area contributed by atoms with Gasteiger partial charge >= 0.3 is 0 Å². The number of amides is 1. The molecule has 0 aliphatic heterocycles. The molecular weight excluding hydrogens is 268 g/mol. The van der Waals surface area contributed by atoms with Gasteiger partial charge in [-0.1, -0.05) is 38.2 Å². The summed E-state index contributed by atoms with van der Waals surface area (Å²) in [5.74, 6) is -1.18. The first-order valence-electron chi connectivity index (χ1n) is 7.33. The lowest BCUT2D eigenvalue weighted by Gasteiger charge is -2.29. The molecule has 5 heteroatoms. The highest BCUT2D eigenvalue weighted by Gasteiger charge is 2.33. The molecule has 0 atom stereocenters. The van der Waals surface area contributed by atoms with Crippen LogP contribution in [0.5, 0.6) is 11.5 Å². The first-order chi connectivity index (χ1) is 10.1. The van der Waals surface area contributed by atoms with E-state index in [2.05, 4.69) is 11.4 Å². The van der Waals surface area contributed by atoms with Crippen molar-refractivity contribution >= 4 is 5.91 Å². The predicted octanol–water partition coefficient (Wildman–Crippen LogP) is 2.83. The zero-order chi connectivity index (χ0) is 15.3. The van der Waals surface area contributed by atoms with Crippen molar-refractivity contribution in [1.29, 1.82) is 5.26 Å². The summed E-state index contributed by atoms with van der Waals surface area (Å²) in [5.41, 5.74) is -1.08. The van der Waals surface area contributed by atoms with Crippen molar-refractivity contribution in [2.45, 2.75) is 50.5 Å². The number of phenols is 2. The highest BCUT2D eigenvalue weighted by molar-refractivity contribution is 6.00. The molecule has 21 heavy (non-hydrogen) atoms. The van der Waals surface area contributed by atoms with Crippen molar-refractivity contribution in [3.63, 3.8) is 0 Å². The van der Waals surface area contributed by atoms with Crippen LogP contribution in [0, 0.1) is 11.3 Å². The van der Waals surface area contributed by atoms with Gasteiger partial charge in [-0.05, 0) is 25.0 Å². The number of rotatable bonds is 2. The van der Waals surface area contributed by atoms with Crippen LogP contribution in [0.3, 0.4) is 0 Å². The van der Waals surface area contributed by atoms with E-state index in [4.69, 9.17) is 0 Å². The molecule has 0 saturated heterocycles. The summed E-state index contributed by atoms with van der Waals surface area (Å²) in [4.78, 5) is 12.3. The largest absolute Gasteiger partial charge is 0.507 e. The molecule has 1 aromatic rings. The maximum absolute atomic E-state index is 12.3. The Bertz CT molecular complexity index is 535. The van der Waals surface area contributed by atoms with Crippen LogP contribution in [0.2, 0.25) is 0 Å². The van der Waals surface area contributed by atoms with Gasteiger partial charge in [0.15, 0.2) is 0 Å². The third-order valence-corrected chi connectivity index (χ3v) is 4.02. The van der Waals surface area contributed by atoms with Gasteiger partial charge in [0.2, 0.25) is 0 Å². The van der Waals surface area contributed by atoms with Gasteiger partial charge in [0.1, 0.15) is 22.6 Å². The molecule has 1 fully saturated rings. The highest BCUT2D eigenvalue weighted by atomic mass is 16.3. The minimum Gasteiger partial charge on any atom is -0.507 e. The first kappa shape index (κ1) is 15.2. The van der Waals surface area contributed by atoms with Crippen molar-refractivity contribution in [3.05, 3.63) is 23.8 Å². The standard InChI is InChI=1S/C16H20N2O3/c17-11-16(9-4-2-1-3-5-10-16)18-15(21)14-12(19)7-6-8-13(14)20/h6-8,19-20H,1-5,9-10H2,(H,18,21). The van der Waals surface area contributed by atoms with Gasteiger partial charge in [-0.15, -0.1) is 0 Å². The van der Waals surface area contributed by atoms with Crippen LogP contribution in [0.4, 0.5) is 0 Å². The molecule has 0 radical (unpaired) electrons. The van der Waals surface area contributed by atoms with E-state index in [0.717, 1.165) is 32.1 Å². The number of hydrogen-bond acceptors (Lipinski definition) is 4. The Hall–Kier alpha value is -2.22. The third-order valence-electron chi connectivity index (χ3n) is 4.02. The fraction of sp³-hybridized carbons (Fsp3) is 0.500. The van der Waals surface area contributed by atoms with E-state index in [1.54, 1.807) is 0 Å². The molecule has 0 aromatic heterocycles. The minimum atomic E-state index is -0.910. The van der Waals surface area contributed by atoms with Gasteiger partial charge in [-0.2, -0.15) is 5.26 Å².